The average molecular weight is 490 g/mol. The molecule has 8 nitrogen and oxygen atoms in total. The fourth-order valence-electron chi connectivity index (χ4n) is 3.69. The van der Waals surface area contributed by atoms with Gasteiger partial charge in [0.15, 0.2) is 11.7 Å². The highest BCUT2D eigenvalue weighted by Crippen LogP contribution is 2.28. The number of hydrogen-bond donors (Lipinski definition) is 1. The molecule has 1 aliphatic rings. The van der Waals surface area contributed by atoms with Crippen LogP contribution in [0.5, 0.6) is 5.75 Å². The van der Waals surface area contributed by atoms with Crippen LogP contribution in [0.2, 0.25) is 5.02 Å². The number of nitrogens with zero attached hydrogens (tertiary/aromatic N) is 3. The molecule has 1 N–H and O–H groups in total. The zero-order chi connectivity index (χ0) is 23.6. The van der Waals surface area contributed by atoms with Crippen molar-refractivity contribution in [3.05, 3.63) is 65.1 Å². The summed E-state index contributed by atoms with van der Waals surface area (Å²) in [6.07, 6.45) is 2.18. The van der Waals surface area contributed by atoms with Crippen molar-refractivity contribution in [2.75, 3.05) is 26.2 Å². The van der Waals surface area contributed by atoms with Gasteiger partial charge >= 0.3 is 0 Å². The monoisotopic (exact) mass is 489 g/mol. The summed E-state index contributed by atoms with van der Waals surface area (Å²) < 4.78 is 32.9. The lowest BCUT2D eigenvalue weighted by molar-refractivity contribution is -0.132. The summed E-state index contributed by atoms with van der Waals surface area (Å²) >= 11 is 5.91. The molecule has 1 fully saturated rings. The van der Waals surface area contributed by atoms with Crippen molar-refractivity contribution in [1.82, 2.24) is 14.2 Å². The third kappa shape index (κ3) is 5.21. The Bertz CT molecular complexity index is 1250. The molecule has 0 spiro atoms. The lowest BCUT2D eigenvalue weighted by Crippen LogP contribution is -2.50. The summed E-state index contributed by atoms with van der Waals surface area (Å²) in [5, 5.41) is 10.6. The first-order chi connectivity index (χ1) is 15.7. The van der Waals surface area contributed by atoms with E-state index in [9.17, 15) is 18.3 Å². The van der Waals surface area contributed by atoms with E-state index in [1.807, 2.05) is 12.1 Å². The molecule has 0 aliphatic carbocycles. The van der Waals surface area contributed by atoms with Crippen LogP contribution in [0.3, 0.4) is 0 Å². The molecule has 1 saturated heterocycles. The lowest BCUT2D eigenvalue weighted by Gasteiger charge is -2.34. The van der Waals surface area contributed by atoms with Gasteiger partial charge in [-0.3, -0.25) is 4.79 Å². The first-order valence-corrected chi connectivity index (χ1v) is 12.3. The van der Waals surface area contributed by atoms with Gasteiger partial charge in [0.1, 0.15) is 10.6 Å². The van der Waals surface area contributed by atoms with Crippen LogP contribution in [0.1, 0.15) is 17.9 Å². The standard InChI is InChI=1S/C23H24ClN3O5S/c1-16-2-7-19(28)21(14-16)33(30,31)27-12-10-26(11-13-27)23(29)9-8-22-25-15-20(32-22)17-3-5-18(24)6-4-17/h2-7,14-15,28H,8-13H2,1H3. The Labute approximate surface area is 197 Å². The van der Waals surface area contributed by atoms with E-state index in [1.54, 1.807) is 36.2 Å². The van der Waals surface area contributed by atoms with Crippen LogP contribution in [-0.2, 0) is 21.2 Å². The fourth-order valence-corrected chi connectivity index (χ4v) is 5.41. The number of aromatic nitrogens is 1. The van der Waals surface area contributed by atoms with Gasteiger partial charge in [0.05, 0.1) is 6.20 Å². The molecule has 0 unspecified atom stereocenters. The number of rotatable bonds is 6. The summed E-state index contributed by atoms with van der Waals surface area (Å²) in [4.78, 5) is 18.4. The molecular weight excluding hydrogens is 466 g/mol. The smallest absolute Gasteiger partial charge is 0.246 e. The number of hydrogen-bond acceptors (Lipinski definition) is 6. The molecule has 33 heavy (non-hydrogen) atoms. The highest BCUT2D eigenvalue weighted by molar-refractivity contribution is 7.89. The quantitative estimate of drug-likeness (QED) is 0.568. The minimum absolute atomic E-state index is 0.0864. The van der Waals surface area contributed by atoms with Crippen LogP contribution in [0.25, 0.3) is 11.3 Å². The van der Waals surface area contributed by atoms with Crippen molar-refractivity contribution in [3.63, 3.8) is 0 Å². The number of oxazole rings is 1. The van der Waals surface area contributed by atoms with Gasteiger partial charge in [-0.2, -0.15) is 4.31 Å². The Morgan fingerprint density at radius 2 is 1.82 bits per heavy atom. The Morgan fingerprint density at radius 1 is 1.12 bits per heavy atom. The topological polar surface area (TPSA) is 104 Å². The highest BCUT2D eigenvalue weighted by Gasteiger charge is 2.31. The van der Waals surface area contributed by atoms with E-state index in [0.717, 1.165) is 11.1 Å². The summed E-state index contributed by atoms with van der Waals surface area (Å²) in [6, 6.07) is 11.7. The minimum atomic E-state index is -3.83. The number of aromatic hydroxyl groups is 1. The molecule has 10 heteroatoms. The molecular formula is C23H24ClN3O5S. The summed E-state index contributed by atoms with van der Waals surface area (Å²) in [5.74, 6) is 0.705. The van der Waals surface area contributed by atoms with Gasteiger partial charge in [0.25, 0.3) is 0 Å². The molecule has 1 amide bonds. The van der Waals surface area contributed by atoms with Crippen LogP contribution in [0, 0.1) is 6.92 Å². The van der Waals surface area contributed by atoms with Gasteiger partial charge in [-0.05, 0) is 48.9 Å². The number of phenols is 1. The van der Waals surface area contributed by atoms with Crippen molar-refractivity contribution in [2.45, 2.75) is 24.7 Å². The van der Waals surface area contributed by atoms with Crippen LogP contribution < -0.4 is 0 Å². The zero-order valence-corrected chi connectivity index (χ0v) is 19.6. The summed E-state index contributed by atoms with van der Waals surface area (Å²) in [6.45, 7) is 2.67. The number of carbonyl (C=O) groups excluding carboxylic acids is 1. The Hall–Kier alpha value is -2.88. The van der Waals surface area contributed by atoms with E-state index in [4.69, 9.17) is 16.0 Å². The molecule has 0 atom stereocenters. The third-order valence-corrected chi connectivity index (χ3v) is 7.74. The lowest BCUT2D eigenvalue weighted by atomic mass is 10.2. The van der Waals surface area contributed by atoms with E-state index >= 15 is 0 Å². The molecule has 1 aliphatic heterocycles. The Balaban J connectivity index is 1.32. The van der Waals surface area contributed by atoms with Crippen LogP contribution >= 0.6 is 11.6 Å². The van der Waals surface area contributed by atoms with Crippen molar-refractivity contribution in [3.8, 4) is 17.1 Å². The summed E-state index contributed by atoms with van der Waals surface area (Å²) in [7, 11) is -3.83. The van der Waals surface area contributed by atoms with E-state index in [1.165, 1.54) is 16.4 Å². The average Bonchev–Trinajstić information content (AvgIpc) is 3.28. The minimum Gasteiger partial charge on any atom is -0.507 e. The maximum absolute atomic E-state index is 12.9. The molecule has 0 radical (unpaired) electrons. The second kappa shape index (κ2) is 9.54. The van der Waals surface area contributed by atoms with Crippen molar-refractivity contribution < 1.29 is 22.7 Å². The SMILES string of the molecule is Cc1ccc(O)c(S(=O)(=O)N2CCN(C(=O)CCc3ncc(-c4ccc(Cl)cc4)o3)CC2)c1. The predicted molar refractivity (Wildman–Crippen MR) is 123 cm³/mol. The highest BCUT2D eigenvalue weighted by atomic mass is 35.5. The number of sulfonamides is 1. The molecule has 4 rings (SSSR count). The number of piperazine rings is 1. The van der Waals surface area contributed by atoms with E-state index in [2.05, 4.69) is 4.98 Å². The van der Waals surface area contributed by atoms with Gasteiger partial charge in [0.2, 0.25) is 15.9 Å². The number of benzene rings is 2. The van der Waals surface area contributed by atoms with Crippen molar-refractivity contribution >= 4 is 27.5 Å². The molecule has 0 saturated carbocycles. The molecule has 1 aromatic heterocycles. The van der Waals surface area contributed by atoms with E-state index in [-0.39, 0.29) is 49.2 Å². The van der Waals surface area contributed by atoms with Gasteiger partial charge < -0.3 is 14.4 Å². The van der Waals surface area contributed by atoms with Crippen LogP contribution in [0.15, 0.2) is 58.0 Å². The van der Waals surface area contributed by atoms with Crippen LogP contribution in [-0.4, -0.2) is 59.8 Å². The maximum Gasteiger partial charge on any atom is 0.246 e. The van der Waals surface area contributed by atoms with Crippen molar-refractivity contribution in [1.29, 1.82) is 0 Å². The normalized spacial score (nSPS) is 15.0. The van der Waals surface area contributed by atoms with Crippen molar-refractivity contribution in [2.24, 2.45) is 0 Å². The van der Waals surface area contributed by atoms with E-state index in [0.29, 0.717) is 23.1 Å². The second-order valence-corrected chi connectivity index (χ2v) is 10.2. The van der Waals surface area contributed by atoms with Gasteiger partial charge in [-0.15, -0.1) is 0 Å². The Kier molecular flexibility index (Phi) is 6.73. The number of amides is 1. The molecule has 2 aromatic carbocycles. The number of aryl methyl sites for hydroxylation is 2. The van der Waals surface area contributed by atoms with Gasteiger partial charge in [-0.1, -0.05) is 17.7 Å². The number of halogens is 1. The molecule has 2 heterocycles. The zero-order valence-electron chi connectivity index (χ0n) is 18.1. The Morgan fingerprint density at radius 3 is 2.52 bits per heavy atom. The first-order valence-electron chi connectivity index (χ1n) is 10.5. The summed E-state index contributed by atoms with van der Waals surface area (Å²) in [5.41, 5.74) is 1.59. The molecule has 3 aromatic rings. The van der Waals surface area contributed by atoms with Gasteiger partial charge in [-0.25, -0.2) is 13.4 Å². The first kappa shape index (κ1) is 23.3. The van der Waals surface area contributed by atoms with E-state index < -0.39 is 10.0 Å². The number of carbonyl (C=O) groups is 1. The third-order valence-electron chi connectivity index (χ3n) is 5.56. The molecule has 174 valence electrons. The number of phenolic OH excluding ortho intramolecular Hbond substituents is 1. The van der Waals surface area contributed by atoms with Crippen LogP contribution in [0.4, 0.5) is 0 Å². The maximum atomic E-state index is 12.9. The molecule has 0 bridgehead atoms. The predicted octanol–water partition coefficient (Wildman–Crippen LogP) is 3.47. The second-order valence-electron chi connectivity index (χ2n) is 7.88. The fraction of sp³-hybridized carbons (Fsp3) is 0.304. The van der Waals surface area contributed by atoms with Gasteiger partial charge in [0, 0.05) is 49.6 Å². The largest absolute Gasteiger partial charge is 0.507 e.